The van der Waals surface area contributed by atoms with Gasteiger partial charge in [-0.15, -0.1) is 0 Å². The van der Waals surface area contributed by atoms with E-state index in [9.17, 15) is 13.2 Å². The second-order valence-corrected chi connectivity index (χ2v) is 4.32. The number of alkyl halides is 3. The van der Waals surface area contributed by atoms with Crippen LogP contribution < -0.4 is 5.32 Å². The average molecular weight is 229 g/mol. The van der Waals surface area contributed by atoms with Gasteiger partial charge in [0.15, 0.2) is 0 Å². The van der Waals surface area contributed by atoms with Crippen molar-refractivity contribution in [2.75, 3.05) is 6.54 Å². The van der Waals surface area contributed by atoms with Crippen molar-refractivity contribution in [2.24, 2.45) is 5.92 Å². The molecular formula is C12H14F3N. The molecule has 4 heteroatoms. The van der Waals surface area contributed by atoms with Gasteiger partial charge in [-0.2, -0.15) is 13.2 Å². The normalized spacial score (nSPS) is 26.0. The number of halogens is 3. The molecule has 0 bridgehead atoms. The van der Waals surface area contributed by atoms with Crippen LogP contribution in [-0.4, -0.2) is 6.54 Å². The highest BCUT2D eigenvalue weighted by Gasteiger charge is 2.31. The molecule has 1 aliphatic heterocycles. The van der Waals surface area contributed by atoms with E-state index in [-0.39, 0.29) is 6.04 Å². The Kier molecular flexibility index (Phi) is 2.93. The lowest BCUT2D eigenvalue weighted by atomic mass is 9.95. The molecule has 0 radical (unpaired) electrons. The summed E-state index contributed by atoms with van der Waals surface area (Å²) in [6.45, 7) is 3.05. The third kappa shape index (κ3) is 2.21. The molecule has 16 heavy (non-hydrogen) atoms. The van der Waals surface area contributed by atoms with E-state index in [0.29, 0.717) is 5.92 Å². The van der Waals surface area contributed by atoms with Gasteiger partial charge in [-0.25, -0.2) is 0 Å². The number of hydrogen-bond donors (Lipinski definition) is 1. The molecule has 1 aliphatic rings. The summed E-state index contributed by atoms with van der Waals surface area (Å²) in [5.74, 6) is 0.483. The fourth-order valence-electron chi connectivity index (χ4n) is 2.16. The molecule has 0 aromatic heterocycles. The average Bonchev–Trinajstić information content (AvgIpc) is 2.63. The van der Waals surface area contributed by atoms with Crippen LogP contribution in [0.2, 0.25) is 0 Å². The summed E-state index contributed by atoms with van der Waals surface area (Å²) in [5, 5.41) is 3.30. The Labute approximate surface area is 92.7 Å². The molecule has 0 aliphatic carbocycles. The molecule has 1 heterocycles. The maximum atomic E-state index is 12.4. The zero-order valence-corrected chi connectivity index (χ0v) is 9.01. The Hall–Kier alpha value is -1.03. The molecule has 2 atom stereocenters. The van der Waals surface area contributed by atoms with Crippen LogP contribution in [0.3, 0.4) is 0 Å². The van der Waals surface area contributed by atoms with E-state index in [1.807, 2.05) is 0 Å². The standard InChI is InChI=1S/C12H14F3N/c1-8-6-7-16-11(8)9-2-4-10(5-3-9)12(13,14)15/h2-5,8,11,16H,6-7H2,1H3/t8-,11-/m0/s1. The zero-order valence-electron chi connectivity index (χ0n) is 9.01. The Morgan fingerprint density at radius 3 is 2.25 bits per heavy atom. The molecule has 0 amide bonds. The summed E-state index contributed by atoms with van der Waals surface area (Å²) in [6.07, 6.45) is -3.17. The lowest BCUT2D eigenvalue weighted by Gasteiger charge is -2.16. The highest BCUT2D eigenvalue weighted by atomic mass is 19.4. The second-order valence-electron chi connectivity index (χ2n) is 4.32. The van der Waals surface area contributed by atoms with Crippen molar-refractivity contribution in [1.82, 2.24) is 5.32 Å². The van der Waals surface area contributed by atoms with Crippen LogP contribution >= 0.6 is 0 Å². The van der Waals surface area contributed by atoms with Gasteiger partial charge in [0.25, 0.3) is 0 Å². The van der Waals surface area contributed by atoms with Crippen LogP contribution in [0, 0.1) is 5.92 Å². The molecule has 1 aromatic carbocycles. The van der Waals surface area contributed by atoms with Crippen molar-refractivity contribution in [3.8, 4) is 0 Å². The number of hydrogen-bond acceptors (Lipinski definition) is 1. The fraction of sp³-hybridized carbons (Fsp3) is 0.500. The van der Waals surface area contributed by atoms with Gasteiger partial charge in [0.05, 0.1) is 5.56 Å². The highest BCUT2D eigenvalue weighted by molar-refractivity contribution is 5.27. The third-order valence-electron chi connectivity index (χ3n) is 3.13. The summed E-state index contributed by atoms with van der Waals surface area (Å²) >= 11 is 0. The summed E-state index contributed by atoms with van der Waals surface area (Å²) in [4.78, 5) is 0. The van der Waals surface area contributed by atoms with Gasteiger partial charge in [0.1, 0.15) is 0 Å². The Balaban J connectivity index is 2.19. The van der Waals surface area contributed by atoms with Crippen LogP contribution in [0.15, 0.2) is 24.3 Å². The van der Waals surface area contributed by atoms with Crippen LogP contribution in [-0.2, 0) is 6.18 Å². The lowest BCUT2D eigenvalue weighted by molar-refractivity contribution is -0.137. The molecular weight excluding hydrogens is 215 g/mol. The molecule has 1 nitrogen and oxygen atoms in total. The van der Waals surface area contributed by atoms with E-state index in [1.54, 1.807) is 12.1 Å². The minimum absolute atomic E-state index is 0.197. The lowest BCUT2D eigenvalue weighted by Crippen LogP contribution is -2.16. The molecule has 2 rings (SSSR count). The van der Waals surface area contributed by atoms with Gasteiger partial charge >= 0.3 is 6.18 Å². The van der Waals surface area contributed by atoms with E-state index in [4.69, 9.17) is 0 Å². The summed E-state index contributed by atoms with van der Waals surface area (Å²) in [7, 11) is 0. The van der Waals surface area contributed by atoms with Gasteiger partial charge in [-0.3, -0.25) is 0 Å². The van der Waals surface area contributed by atoms with E-state index < -0.39 is 11.7 Å². The molecule has 1 fully saturated rings. The first-order valence-electron chi connectivity index (χ1n) is 5.39. The van der Waals surface area contributed by atoms with Crippen LogP contribution in [0.25, 0.3) is 0 Å². The topological polar surface area (TPSA) is 12.0 Å². The highest BCUT2D eigenvalue weighted by Crippen LogP contribution is 2.33. The molecule has 0 saturated carbocycles. The Morgan fingerprint density at radius 1 is 1.19 bits per heavy atom. The van der Waals surface area contributed by atoms with Crippen LogP contribution in [0.1, 0.15) is 30.5 Å². The summed E-state index contributed by atoms with van der Waals surface area (Å²) in [5.41, 5.74) is 0.361. The Bertz CT molecular complexity index is 356. The largest absolute Gasteiger partial charge is 0.416 e. The third-order valence-corrected chi connectivity index (χ3v) is 3.13. The summed E-state index contributed by atoms with van der Waals surface area (Å²) in [6, 6.07) is 5.65. The SMILES string of the molecule is C[C@H]1CCN[C@@H]1c1ccc(C(F)(F)F)cc1. The van der Waals surface area contributed by atoms with Crippen molar-refractivity contribution in [1.29, 1.82) is 0 Å². The minimum atomic E-state index is -4.24. The predicted molar refractivity (Wildman–Crippen MR) is 56.0 cm³/mol. The molecule has 88 valence electrons. The van der Waals surface area contributed by atoms with Crippen LogP contribution in [0.5, 0.6) is 0 Å². The van der Waals surface area contributed by atoms with E-state index in [0.717, 1.165) is 30.7 Å². The number of nitrogens with one attached hydrogen (secondary N) is 1. The molecule has 0 unspecified atom stereocenters. The van der Waals surface area contributed by atoms with Crippen molar-refractivity contribution in [2.45, 2.75) is 25.6 Å². The van der Waals surface area contributed by atoms with Gasteiger partial charge in [-0.05, 0) is 36.6 Å². The molecule has 1 N–H and O–H groups in total. The Morgan fingerprint density at radius 2 is 1.81 bits per heavy atom. The van der Waals surface area contributed by atoms with E-state index in [1.165, 1.54) is 0 Å². The zero-order chi connectivity index (χ0) is 11.8. The van der Waals surface area contributed by atoms with E-state index >= 15 is 0 Å². The summed E-state index contributed by atoms with van der Waals surface area (Å²) < 4.78 is 37.1. The first-order valence-corrected chi connectivity index (χ1v) is 5.39. The number of rotatable bonds is 1. The first kappa shape index (κ1) is 11.5. The molecule has 1 aromatic rings. The quantitative estimate of drug-likeness (QED) is 0.778. The maximum Gasteiger partial charge on any atom is 0.416 e. The van der Waals surface area contributed by atoms with Crippen molar-refractivity contribution in [3.05, 3.63) is 35.4 Å². The first-order chi connectivity index (χ1) is 7.48. The van der Waals surface area contributed by atoms with Crippen molar-refractivity contribution < 1.29 is 13.2 Å². The van der Waals surface area contributed by atoms with Gasteiger partial charge < -0.3 is 5.32 Å². The van der Waals surface area contributed by atoms with Crippen LogP contribution in [0.4, 0.5) is 13.2 Å². The van der Waals surface area contributed by atoms with Crippen molar-refractivity contribution in [3.63, 3.8) is 0 Å². The van der Waals surface area contributed by atoms with E-state index in [2.05, 4.69) is 12.2 Å². The van der Waals surface area contributed by atoms with Gasteiger partial charge in [-0.1, -0.05) is 19.1 Å². The predicted octanol–water partition coefficient (Wildman–Crippen LogP) is 3.38. The number of benzene rings is 1. The molecule has 1 saturated heterocycles. The van der Waals surface area contributed by atoms with Gasteiger partial charge in [0.2, 0.25) is 0 Å². The molecule has 0 spiro atoms. The van der Waals surface area contributed by atoms with Gasteiger partial charge in [0, 0.05) is 6.04 Å². The van der Waals surface area contributed by atoms with Crippen molar-refractivity contribution >= 4 is 0 Å². The second kappa shape index (κ2) is 4.09. The maximum absolute atomic E-state index is 12.4. The smallest absolute Gasteiger partial charge is 0.310 e. The minimum Gasteiger partial charge on any atom is -0.310 e. The monoisotopic (exact) mass is 229 g/mol. The fourth-order valence-corrected chi connectivity index (χ4v) is 2.16.